The average Bonchev–Trinajstić information content (AvgIpc) is 2.34. The molecule has 2 heteroatoms. The number of nitrogens with one attached hydrogen (secondary N) is 1. The third-order valence-electron chi connectivity index (χ3n) is 3.33. The quantitative estimate of drug-likeness (QED) is 0.780. The molecule has 0 bridgehead atoms. The van der Waals surface area contributed by atoms with E-state index in [-0.39, 0.29) is 5.54 Å². The van der Waals surface area contributed by atoms with Crippen LogP contribution in [0.2, 0.25) is 0 Å². The predicted molar refractivity (Wildman–Crippen MR) is 87.3 cm³/mol. The third kappa shape index (κ3) is 6.42. The Labute approximate surface area is 124 Å². The monoisotopic (exact) mass is 277 g/mol. The van der Waals surface area contributed by atoms with Crippen molar-refractivity contribution in [3.8, 4) is 5.75 Å². The Morgan fingerprint density at radius 3 is 2.55 bits per heavy atom. The smallest absolute Gasteiger partial charge is 0.123 e. The van der Waals surface area contributed by atoms with E-state index in [4.69, 9.17) is 4.74 Å². The molecule has 0 heterocycles. The van der Waals surface area contributed by atoms with Crippen LogP contribution in [0.25, 0.3) is 0 Å². The molecule has 0 saturated carbocycles. The van der Waals surface area contributed by atoms with E-state index < -0.39 is 0 Å². The van der Waals surface area contributed by atoms with Gasteiger partial charge in [0.1, 0.15) is 5.75 Å². The van der Waals surface area contributed by atoms with Gasteiger partial charge in [0, 0.05) is 17.6 Å². The summed E-state index contributed by atoms with van der Waals surface area (Å²) in [5.74, 6) is 1.64. The van der Waals surface area contributed by atoms with Crippen molar-refractivity contribution in [3.05, 3.63) is 29.3 Å². The van der Waals surface area contributed by atoms with Crippen molar-refractivity contribution in [3.63, 3.8) is 0 Å². The Kier molecular flexibility index (Phi) is 6.54. The van der Waals surface area contributed by atoms with Crippen LogP contribution in [0.4, 0.5) is 0 Å². The van der Waals surface area contributed by atoms with E-state index in [0.717, 1.165) is 18.9 Å². The summed E-state index contributed by atoms with van der Waals surface area (Å²) in [6.45, 7) is 14.8. The lowest BCUT2D eigenvalue weighted by Gasteiger charge is -2.22. The molecule has 1 unspecified atom stereocenters. The highest BCUT2D eigenvalue weighted by molar-refractivity contribution is 5.37. The average molecular weight is 277 g/mol. The van der Waals surface area contributed by atoms with Crippen molar-refractivity contribution < 1.29 is 4.74 Å². The van der Waals surface area contributed by atoms with E-state index in [1.165, 1.54) is 24.0 Å². The first-order valence-electron chi connectivity index (χ1n) is 7.79. The first-order chi connectivity index (χ1) is 9.31. The lowest BCUT2D eigenvalue weighted by atomic mass is 10.1. The maximum absolute atomic E-state index is 6.03. The summed E-state index contributed by atoms with van der Waals surface area (Å²) in [4.78, 5) is 0. The van der Waals surface area contributed by atoms with Crippen molar-refractivity contribution >= 4 is 0 Å². The molecule has 0 fully saturated rings. The topological polar surface area (TPSA) is 21.3 Å². The summed E-state index contributed by atoms with van der Waals surface area (Å²) in [5, 5.41) is 3.54. The normalized spacial score (nSPS) is 13.3. The van der Waals surface area contributed by atoms with Gasteiger partial charge in [-0.3, -0.25) is 0 Å². The number of hydrogen-bond donors (Lipinski definition) is 1. The van der Waals surface area contributed by atoms with E-state index in [9.17, 15) is 0 Å². The van der Waals surface area contributed by atoms with Crippen LogP contribution in [0, 0.1) is 12.8 Å². The van der Waals surface area contributed by atoms with Gasteiger partial charge in [0.05, 0.1) is 6.61 Å². The largest absolute Gasteiger partial charge is 0.493 e. The second kappa shape index (κ2) is 7.68. The molecule has 1 N–H and O–H groups in total. The highest BCUT2D eigenvalue weighted by Crippen LogP contribution is 2.22. The molecule has 20 heavy (non-hydrogen) atoms. The van der Waals surface area contributed by atoms with Crippen LogP contribution in [-0.4, -0.2) is 12.1 Å². The zero-order valence-corrected chi connectivity index (χ0v) is 14.0. The minimum Gasteiger partial charge on any atom is -0.493 e. The minimum absolute atomic E-state index is 0.122. The number of benzene rings is 1. The summed E-state index contributed by atoms with van der Waals surface area (Å²) < 4.78 is 6.03. The molecule has 1 aromatic carbocycles. The molecule has 0 aliphatic heterocycles. The van der Waals surface area contributed by atoms with Crippen LogP contribution in [0.15, 0.2) is 18.2 Å². The first-order valence-corrected chi connectivity index (χ1v) is 7.79. The Hall–Kier alpha value is -1.02. The van der Waals surface area contributed by atoms with E-state index in [1.807, 2.05) is 0 Å². The van der Waals surface area contributed by atoms with Crippen LogP contribution < -0.4 is 10.1 Å². The molecule has 1 aromatic rings. The molecule has 0 saturated heterocycles. The molecule has 0 spiro atoms. The van der Waals surface area contributed by atoms with Crippen molar-refractivity contribution in [1.29, 1.82) is 0 Å². The lowest BCUT2D eigenvalue weighted by molar-refractivity contribution is 0.248. The Morgan fingerprint density at radius 1 is 1.25 bits per heavy atom. The van der Waals surface area contributed by atoms with Gasteiger partial charge in [-0.15, -0.1) is 0 Å². The summed E-state index contributed by atoms with van der Waals surface area (Å²) in [6.07, 6.45) is 2.44. The van der Waals surface area contributed by atoms with Gasteiger partial charge >= 0.3 is 0 Å². The number of ether oxygens (including phenoxy) is 1. The van der Waals surface area contributed by atoms with E-state index in [2.05, 4.69) is 65.1 Å². The Bertz CT molecular complexity index is 406. The fourth-order valence-corrected chi connectivity index (χ4v) is 2.16. The van der Waals surface area contributed by atoms with Crippen molar-refractivity contribution in [2.75, 3.05) is 6.61 Å². The van der Waals surface area contributed by atoms with Crippen LogP contribution in [0.3, 0.4) is 0 Å². The standard InChI is InChI=1S/C18H31NO/c1-7-8-15(3)13-20-17-10-9-14(2)11-16(17)12-19-18(4,5)6/h9-11,15,19H,7-8,12-13H2,1-6H3. The van der Waals surface area contributed by atoms with Gasteiger partial charge in [0.2, 0.25) is 0 Å². The van der Waals surface area contributed by atoms with Gasteiger partial charge in [-0.1, -0.05) is 38.0 Å². The second-order valence-corrected chi connectivity index (χ2v) is 6.92. The van der Waals surface area contributed by atoms with Gasteiger partial charge in [-0.25, -0.2) is 0 Å². The minimum atomic E-state index is 0.122. The van der Waals surface area contributed by atoms with Crippen molar-refractivity contribution in [2.45, 2.75) is 66.5 Å². The van der Waals surface area contributed by atoms with Gasteiger partial charge < -0.3 is 10.1 Å². The molecular weight excluding hydrogens is 246 g/mol. The molecule has 114 valence electrons. The zero-order chi connectivity index (χ0) is 15.2. The van der Waals surface area contributed by atoms with Crippen molar-refractivity contribution in [1.82, 2.24) is 5.32 Å². The molecule has 0 aliphatic carbocycles. The number of aryl methyl sites for hydroxylation is 1. The molecule has 0 aliphatic rings. The Morgan fingerprint density at radius 2 is 1.95 bits per heavy atom. The van der Waals surface area contributed by atoms with Crippen molar-refractivity contribution in [2.24, 2.45) is 5.92 Å². The van der Waals surface area contributed by atoms with Gasteiger partial charge in [-0.05, 0) is 46.1 Å². The maximum Gasteiger partial charge on any atom is 0.123 e. The molecule has 0 amide bonds. The van der Waals surface area contributed by atoms with Crippen LogP contribution >= 0.6 is 0 Å². The highest BCUT2D eigenvalue weighted by Gasteiger charge is 2.12. The zero-order valence-electron chi connectivity index (χ0n) is 14.0. The van der Waals surface area contributed by atoms with Crippen LogP contribution in [0.1, 0.15) is 58.6 Å². The van der Waals surface area contributed by atoms with Gasteiger partial charge in [-0.2, -0.15) is 0 Å². The van der Waals surface area contributed by atoms with E-state index >= 15 is 0 Å². The highest BCUT2D eigenvalue weighted by atomic mass is 16.5. The third-order valence-corrected chi connectivity index (χ3v) is 3.33. The lowest BCUT2D eigenvalue weighted by Crippen LogP contribution is -2.35. The maximum atomic E-state index is 6.03. The first kappa shape index (κ1) is 17.0. The van der Waals surface area contributed by atoms with Crippen LogP contribution in [0.5, 0.6) is 5.75 Å². The second-order valence-electron chi connectivity index (χ2n) is 6.92. The van der Waals surface area contributed by atoms with E-state index in [0.29, 0.717) is 5.92 Å². The summed E-state index contributed by atoms with van der Waals surface area (Å²) in [6, 6.07) is 6.45. The summed E-state index contributed by atoms with van der Waals surface area (Å²) in [5.41, 5.74) is 2.66. The van der Waals surface area contributed by atoms with E-state index in [1.54, 1.807) is 0 Å². The summed E-state index contributed by atoms with van der Waals surface area (Å²) >= 11 is 0. The van der Waals surface area contributed by atoms with Gasteiger partial charge in [0.25, 0.3) is 0 Å². The molecular formula is C18H31NO. The Balaban J connectivity index is 2.69. The fourth-order valence-electron chi connectivity index (χ4n) is 2.16. The molecule has 0 aromatic heterocycles. The predicted octanol–water partition coefficient (Wildman–Crippen LogP) is 4.70. The SMILES string of the molecule is CCCC(C)COc1ccc(C)cc1CNC(C)(C)C. The summed E-state index contributed by atoms with van der Waals surface area (Å²) in [7, 11) is 0. The molecule has 1 atom stereocenters. The number of hydrogen-bond acceptors (Lipinski definition) is 2. The number of rotatable bonds is 7. The van der Waals surface area contributed by atoms with Gasteiger partial charge in [0.15, 0.2) is 0 Å². The molecule has 0 radical (unpaired) electrons. The fraction of sp³-hybridized carbons (Fsp3) is 0.667. The molecule has 1 rings (SSSR count). The van der Waals surface area contributed by atoms with Crippen LogP contribution in [-0.2, 0) is 6.54 Å². The molecule has 2 nitrogen and oxygen atoms in total.